The van der Waals surface area contributed by atoms with E-state index >= 15 is 0 Å². The molecule has 1 heterocycles. The van der Waals surface area contributed by atoms with Gasteiger partial charge in [0.1, 0.15) is 6.17 Å². The number of alkyl halides is 1. The predicted octanol–water partition coefficient (Wildman–Crippen LogP) is 0.283. The van der Waals surface area contributed by atoms with Gasteiger partial charge in [0.25, 0.3) is 0 Å². The Balaban J connectivity index is 2.76. The maximum Gasteiger partial charge on any atom is 0.151 e. The summed E-state index contributed by atoms with van der Waals surface area (Å²) in [6.07, 6.45) is -1.29. The van der Waals surface area contributed by atoms with Crippen LogP contribution >= 0.6 is 0 Å². The Labute approximate surface area is 64.7 Å². The lowest BCUT2D eigenvalue weighted by molar-refractivity contribution is 0.265. The smallest absolute Gasteiger partial charge is 0.151 e. The summed E-state index contributed by atoms with van der Waals surface area (Å²) < 4.78 is 34.4. The van der Waals surface area contributed by atoms with Crippen molar-refractivity contribution in [1.29, 1.82) is 5.26 Å². The second-order valence-corrected chi connectivity index (χ2v) is 4.88. The molecule has 0 amide bonds. The molecule has 5 heteroatoms. The molecule has 0 radical (unpaired) electrons. The molecule has 1 rings (SSSR count). The normalized spacial score (nSPS) is 36.0. The lowest BCUT2D eigenvalue weighted by Crippen LogP contribution is -2.32. The summed E-state index contributed by atoms with van der Waals surface area (Å²) in [5.74, 6) is -1.38. The third-order valence-electron chi connectivity index (χ3n) is 1.74. The average molecular weight is 177 g/mol. The van der Waals surface area contributed by atoms with Gasteiger partial charge in [0, 0.05) is 0 Å². The van der Waals surface area contributed by atoms with Crippen molar-refractivity contribution >= 4 is 9.84 Å². The molecule has 0 bridgehead atoms. The Morgan fingerprint density at radius 3 is 2.64 bits per heavy atom. The first-order valence-electron chi connectivity index (χ1n) is 3.29. The molecule has 0 aliphatic carbocycles. The minimum atomic E-state index is -3.14. The van der Waals surface area contributed by atoms with Crippen LogP contribution in [-0.2, 0) is 9.84 Å². The molecule has 0 saturated carbocycles. The second-order valence-electron chi connectivity index (χ2n) is 2.65. The minimum Gasteiger partial charge on any atom is -0.246 e. The summed E-state index contributed by atoms with van der Waals surface area (Å²) in [6, 6.07) is 1.66. The van der Waals surface area contributed by atoms with E-state index in [9.17, 15) is 12.8 Å². The zero-order valence-electron chi connectivity index (χ0n) is 5.83. The molecular weight excluding hydrogens is 169 g/mol. The molecule has 1 fully saturated rings. The number of sulfone groups is 1. The first kappa shape index (κ1) is 8.47. The van der Waals surface area contributed by atoms with E-state index in [1.54, 1.807) is 6.07 Å². The maximum atomic E-state index is 12.7. The van der Waals surface area contributed by atoms with Crippen LogP contribution in [0.1, 0.15) is 6.42 Å². The van der Waals surface area contributed by atoms with Gasteiger partial charge in [-0.25, -0.2) is 12.8 Å². The summed E-state index contributed by atoms with van der Waals surface area (Å²) >= 11 is 0. The van der Waals surface area contributed by atoms with Crippen LogP contribution in [-0.4, -0.2) is 26.1 Å². The van der Waals surface area contributed by atoms with Gasteiger partial charge in [-0.15, -0.1) is 0 Å². The Kier molecular flexibility index (Phi) is 2.14. The first-order valence-corrected chi connectivity index (χ1v) is 5.11. The number of nitriles is 1. The van der Waals surface area contributed by atoms with Crippen LogP contribution < -0.4 is 0 Å². The maximum absolute atomic E-state index is 12.7. The molecule has 0 aromatic heterocycles. The fourth-order valence-corrected chi connectivity index (χ4v) is 2.65. The zero-order valence-corrected chi connectivity index (χ0v) is 6.64. The monoisotopic (exact) mass is 177 g/mol. The summed E-state index contributed by atoms with van der Waals surface area (Å²) in [5.41, 5.74) is 0. The van der Waals surface area contributed by atoms with E-state index in [0.29, 0.717) is 0 Å². The van der Waals surface area contributed by atoms with Crippen molar-refractivity contribution in [1.82, 2.24) is 0 Å². The van der Waals surface area contributed by atoms with E-state index < -0.39 is 21.9 Å². The predicted molar refractivity (Wildman–Crippen MR) is 37.3 cm³/mol. The van der Waals surface area contributed by atoms with Gasteiger partial charge in [0.2, 0.25) is 0 Å². The lowest BCUT2D eigenvalue weighted by atomic mass is 10.1. The number of hydrogen-bond acceptors (Lipinski definition) is 3. The van der Waals surface area contributed by atoms with Gasteiger partial charge in [0.05, 0.1) is 23.5 Å². The molecule has 1 aliphatic rings. The molecule has 2 unspecified atom stereocenters. The van der Waals surface area contributed by atoms with E-state index in [0.717, 1.165) is 0 Å². The van der Waals surface area contributed by atoms with Gasteiger partial charge >= 0.3 is 0 Å². The van der Waals surface area contributed by atoms with Gasteiger partial charge < -0.3 is 0 Å². The van der Waals surface area contributed by atoms with Crippen LogP contribution in [0.2, 0.25) is 0 Å². The van der Waals surface area contributed by atoms with Gasteiger partial charge in [0.15, 0.2) is 9.84 Å². The molecular formula is C6H8FNO2S. The molecule has 0 aromatic carbocycles. The van der Waals surface area contributed by atoms with Crippen molar-refractivity contribution in [3.05, 3.63) is 0 Å². The zero-order chi connectivity index (χ0) is 8.48. The molecule has 0 spiro atoms. The number of nitrogens with zero attached hydrogens (tertiary/aromatic N) is 1. The fourth-order valence-electron chi connectivity index (χ4n) is 1.07. The Morgan fingerprint density at radius 1 is 1.55 bits per heavy atom. The van der Waals surface area contributed by atoms with Gasteiger partial charge in [-0.2, -0.15) is 5.26 Å². The number of hydrogen-bond donors (Lipinski definition) is 0. The molecule has 11 heavy (non-hydrogen) atoms. The van der Waals surface area contributed by atoms with E-state index in [2.05, 4.69) is 0 Å². The SMILES string of the molecule is N#CC1CS(=O)(=O)CCC1F. The molecule has 3 nitrogen and oxygen atoms in total. The van der Waals surface area contributed by atoms with Crippen molar-refractivity contribution in [3.63, 3.8) is 0 Å². The highest BCUT2D eigenvalue weighted by Crippen LogP contribution is 2.20. The molecule has 1 aliphatic heterocycles. The second kappa shape index (κ2) is 2.78. The van der Waals surface area contributed by atoms with E-state index in [1.165, 1.54) is 0 Å². The summed E-state index contributed by atoms with van der Waals surface area (Å²) in [6.45, 7) is 0. The van der Waals surface area contributed by atoms with Gasteiger partial charge in [-0.05, 0) is 6.42 Å². The molecule has 1 saturated heterocycles. The molecule has 0 N–H and O–H groups in total. The van der Waals surface area contributed by atoms with Crippen LogP contribution in [0, 0.1) is 17.2 Å². The van der Waals surface area contributed by atoms with E-state index in [-0.39, 0.29) is 17.9 Å². The van der Waals surface area contributed by atoms with Crippen molar-refractivity contribution in [2.24, 2.45) is 5.92 Å². The Bertz CT molecular complexity index is 279. The first-order chi connectivity index (χ1) is 5.05. The fraction of sp³-hybridized carbons (Fsp3) is 0.833. The van der Waals surface area contributed by atoms with Crippen LogP contribution in [0.4, 0.5) is 4.39 Å². The largest absolute Gasteiger partial charge is 0.246 e. The highest BCUT2D eigenvalue weighted by molar-refractivity contribution is 7.91. The van der Waals surface area contributed by atoms with E-state index in [1.807, 2.05) is 0 Å². The van der Waals surface area contributed by atoms with Crippen molar-refractivity contribution in [3.8, 4) is 6.07 Å². The Hall–Kier alpha value is -0.630. The van der Waals surface area contributed by atoms with Crippen molar-refractivity contribution < 1.29 is 12.8 Å². The molecule has 2 atom stereocenters. The van der Waals surface area contributed by atoms with Crippen molar-refractivity contribution in [2.45, 2.75) is 12.6 Å². The summed E-state index contributed by atoms with van der Waals surface area (Å²) in [5, 5.41) is 8.34. The van der Waals surface area contributed by atoms with Gasteiger partial charge in [-0.3, -0.25) is 0 Å². The topological polar surface area (TPSA) is 57.9 Å². The average Bonchev–Trinajstić information content (AvgIpc) is 1.94. The third-order valence-corrected chi connectivity index (χ3v) is 3.47. The van der Waals surface area contributed by atoms with Gasteiger partial charge in [-0.1, -0.05) is 0 Å². The van der Waals surface area contributed by atoms with Crippen molar-refractivity contribution in [2.75, 3.05) is 11.5 Å². The summed E-state index contributed by atoms with van der Waals surface area (Å²) in [7, 11) is -3.14. The highest BCUT2D eigenvalue weighted by atomic mass is 32.2. The van der Waals surface area contributed by atoms with E-state index in [4.69, 9.17) is 5.26 Å². The number of halogens is 1. The third kappa shape index (κ3) is 1.90. The van der Waals surface area contributed by atoms with Crippen LogP contribution in [0.25, 0.3) is 0 Å². The quantitative estimate of drug-likeness (QED) is 0.534. The highest BCUT2D eigenvalue weighted by Gasteiger charge is 2.32. The minimum absolute atomic E-state index is 0.0272. The Morgan fingerprint density at radius 2 is 2.18 bits per heavy atom. The summed E-state index contributed by atoms with van der Waals surface area (Å²) in [4.78, 5) is 0. The standard InChI is InChI=1S/C6H8FNO2S/c7-6-1-2-11(9,10)4-5(6)3-8/h5-6H,1-2,4H2. The molecule has 62 valence electrons. The number of rotatable bonds is 0. The van der Waals surface area contributed by atoms with Crippen LogP contribution in [0.15, 0.2) is 0 Å². The lowest BCUT2D eigenvalue weighted by Gasteiger charge is -2.19. The molecule has 0 aromatic rings. The van der Waals surface area contributed by atoms with Crippen LogP contribution in [0.5, 0.6) is 0 Å². The van der Waals surface area contributed by atoms with Crippen LogP contribution in [0.3, 0.4) is 0 Å².